The van der Waals surface area contributed by atoms with E-state index in [9.17, 15) is 0 Å². The van der Waals surface area contributed by atoms with Crippen molar-refractivity contribution < 1.29 is 5.11 Å². The van der Waals surface area contributed by atoms with Crippen LogP contribution < -0.4 is 0 Å². The number of benzene rings is 1. The summed E-state index contributed by atoms with van der Waals surface area (Å²) in [5, 5.41) is 8.97. The third-order valence-corrected chi connectivity index (χ3v) is 1.61. The predicted molar refractivity (Wildman–Crippen MR) is 46.4 cm³/mol. The maximum Gasteiger partial charge on any atom is 0.115 e. The molecule has 0 heterocycles. The quantitative estimate of drug-likeness (QED) is 0.700. The van der Waals surface area contributed by atoms with Gasteiger partial charge < -0.3 is 5.11 Å². The van der Waals surface area contributed by atoms with Gasteiger partial charge in [-0.05, 0) is 30.5 Å². The second kappa shape index (κ2) is 4.02. The summed E-state index contributed by atoms with van der Waals surface area (Å²) in [6, 6.07) is 7.33. The topological polar surface area (TPSA) is 20.2 Å². The number of hydrogen-bond acceptors (Lipinski definition) is 1. The normalized spacial score (nSPS) is 9.91. The van der Waals surface area contributed by atoms with Crippen molar-refractivity contribution in [3.8, 4) is 5.75 Å². The van der Waals surface area contributed by atoms with Crippen LogP contribution in [0.2, 0.25) is 0 Å². The number of unbranched alkanes of at least 4 members (excludes halogenated alkanes) is 1. The SMILES string of the molecule is CC[CH]Cc1ccc(O)cc1. The van der Waals surface area contributed by atoms with E-state index in [0.29, 0.717) is 5.75 Å². The fourth-order valence-electron chi connectivity index (χ4n) is 0.943. The van der Waals surface area contributed by atoms with E-state index in [1.54, 1.807) is 12.1 Å². The van der Waals surface area contributed by atoms with Crippen molar-refractivity contribution in [2.75, 3.05) is 0 Å². The average Bonchev–Trinajstić information content (AvgIpc) is 2.04. The largest absolute Gasteiger partial charge is 0.508 e. The molecule has 0 bridgehead atoms. The zero-order valence-electron chi connectivity index (χ0n) is 6.75. The molecule has 1 rings (SSSR count). The molecule has 0 atom stereocenters. The van der Waals surface area contributed by atoms with E-state index in [2.05, 4.69) is 13.3 Å². The van der Waals surface area contributed by atoms with Gasteiger partial charge in [-0.1, -0.05) is 25.5 Å². The minimum absolute atomic E-state index is 0.338. The molecule has 1 radical (unpaired) electrons. The number of hydrogen-bond donors (Lipinski definition) is 1. The van der Waals surface area contributed by atoms with E-state index in [4.69, 9.17) is 5.11 Å². The molecule has 1 aromatic carbocycles. The summed E-state index contributed by atoms with van der Waals surface area (Å²) in [5.74, 6) is 0.338. The third-order valence-electron chi connectivity index (χ3n) is 1.61. The first kappa shape index (κ1) is 8.12. The van der Waals surface area contributed by atoms with Crippen LogP contribution in [0.4, 0.5) is 0 Å². The van der Waals surface area contributed by atoms with Gasteiger partial charge in [0.25, 0.3) is 0 Å². The summed E-state index contributed by atoms with van der Waals surface area (Å²) in [6.45, 7) is 2.13. The monoisotopic (exact) mass is 149 g/mol. The molecule has 11 heavy (non-hydrogen) atoms. The molecule has 0 aliphatic carbocycles. The van der Waals surface area contributed by atoms with Gasteiger partial charge in [-0.25, -0.2) is 0 Å². The Morgan fingerprint density at radius 1 is 1.27 bits per heavy atom. The Kier molecular flexibility index (Phi) is 2.96. The lowest BCUT2D eigenvalue weighted by molar-refractivity contribution is 0.475. The lowest BCUT2D eigenvalue weighted by Gasteiger charge is -1.98. The average molecular weight is 149 g/mol. The van der Waals surface area contributed by atoms with E-state index in [1.807, 2.05) is 12.1 Å². The molecular weight excluding hydrogens is 136 g/mol. The summed E-state index contributed by atoms with van der Waals surface area (Å²) in [4.78, 5) is 0. The van der Waals surface area contributed by atoms with Crippen molar-refractivity contribution in [3.05, 3.63) is 36.2 Å². The van der Waals surface area contributed by atoms with Crippen molar-refractivity contribution in [1.29, 1.82) is 0 Å². The van der Waals surface area contributed by atoms with Crippen molar-refractivity contribution in [2.24, 2.45) is 0 Å². The first-order valence-corrected chi connectivity index (χ1v) is 3.92. The van der Waals surface area contributed by atoms with Gasteiger partial charge in [0.15, 0.2) is 0 Å². The molecule has 0 saturated carbocycles. The van der Waals surface area contributed by atoms with Crippen LogP contribution in [0, 0.1) is 6.42 Å². The summed E-state index contributed by atoms with van der Waals surface area (Å²) in [6.07, 6.45) is 4.31. The number of aromatic hydroxyl groups is 1. The number of rotatable bonds is 3. The first-order valence-electron chi connectivity index (χ1n) is 3.92. The van der Waals surface area contributed by atoms with E-state index in [-0.39, 0.29) is 0 Å². The standard InChI is InChI=1S/C10H13O/c1-2-3-4-9-5-7-10(11)8-6-9/h3,5-8,11H,2,4H2,1H3. The number of phenolic OH excluding ortho intramolecular Hbond substituents is 1. The predicted octanol–water partition coefficient (Wildman–Crippen LogP) is 2.55. The number of phenols is 1. The lowest BCUT2D eigenvalue weighted by atomic mass is 10.1. The van der Waals surface area contributed by atoms with Crippen molar-refractivity contribution >= 4 is 0 Å². The van der Waals surface area contributed by atoms with E-state index < -0.39 is 0 Å². The lowest BCUT2D eigenvalue weighted by Crippen LogP contribution is -1.83. The molecular formula is C10H13O. The van der Waals surface area contributed by atoms with E-state index in [0.717, 1.165) is 12.8 Å². The van der Waals surface area contributed by atoms with Gasteiger partial charge in [0.2, 0.25) is 0 Å². The second-order valence-corrected chi connectivity index (χ2v) is 2.57. The molecule has 0 aromatic heterocycles. The highest BCUT2D eigenvalue weighted by Gasteiger charge is 1.91. The molecule has 0 amide bonds. The van der Waals surface area contributed by atoms with Gasteiger partial charge in [0.05, 0.1) is 0 Å². The smallest absolute Gasteiger partial charge is 0.115 e. The highest BCUT2D eigenvalue weighted by molar-refractivity contribution is 5.26. The molecule has 0 aliphatic heterocycles. The van der Waals surface area contributed by atoms with Crippen molar-refractivity contribution in [3.63, 3.8) is 0 Å². The Morgan fingerprint density at radius 2 is 1.91 bits per heavy atom. The van der Waals surface area contributed by atoms with Gasteiger partial charge in [0, 0.05) is 0 Å². The minimum Gasteiger partial charge on any atom is -0.508 e. The maximum absolute atomic E-state index is 8.97. The van der Waals surface area contributed by atoms with E-state index >= 15 is 0 Å². The zero-order chi connectivity index (χ0) is 8.10. The molecule has 0 saturated heterocycles. The summed E-state index contributed by atoms with van der Waals surface area (Å²) in [5.41, 5.74) is 1.25. The summed E-state index contributed by atoms with van der Waals surface area (Å²) >= 11 is 0. The van der Waals surface area contributed by atoms with Crippen molar-refractivity contribution in [2.45, 2.75) is 19.8 Å². The fraction of sp³-hybridized carbons (Fsp3) is 0.300. The van der Waals surface area contributed by atoms with Crippen molar-refractivity contribution in [1.82, 2.24) is 0 Å². The van der Waals surface area contributed by atoms with Crippen LogP contribution in [0.5, 0.6) is 5.75 Å². The van der Waals surface area contributed by atoms with E-state index in [1.165, 1.54) is 5.56 Å². The maximum atomic E-state index is 8.97. The van der Waals surface area contributed by atoms with Gasteiger partial charge in [-0.2, -0.15) is 0 Å². The van der Waals surface area contributed by atoms with Crippen LogP contribution in [-0.4, -0.2) is 5.11 Å². The molecule has 1 nitrogen and oxygen atoms in total. The Morgan fingerprint density at radius 3 is 2.45 bits per heavy atom. The Labute approximate surface area is 67.7 Å². The first-order chi connectivity index (χ1) is 5.33. The minimum atomic E-state index is 0.338. The Balaban J connectivity index is 2.52. The molecule has 1 aromatic rings. The molecule has 1 heteroatoms. The van der Waals surface area contributed by atoms with Gasteiger partial charge in [-0.15, -0.1) is 0 Å². The second-order valence-electron chi connectivity index (χ2n) is 2.57. The van der Waals surface area contributed by atoms with Crippen LogP contribution >= 0.6 is 0 Å². The molecule has 0 fully saturated rings. The van der Waals surface area contributed by atoms with Crippen LogP contribution in [0.15, 0.2) is 24.3 Å². The van der Waals surface area contributed by atoms with Gasteiger partial charge in [0.1, 0.15) is 5.75 Å². The molecule has 1 N–H and O–H groups in total. The molecule has 0 unspecified atom stereocenters. The molecule has 0 aliphatic rings. The Hall–Kier alpha value is -0.980. The zero-order valence-corrected chi connectivity index (χ0v) is 6.75. The molecule has 59 valence electrons. The van der Waals surface area contributed by atoms with Crippen LogP contribution in [-0.2, 0) is 6.42 Å². The van der Waals surface area contributed by atoms with Gasteiger partial charge in [-0.3, -0.25) is 0 Å². The summed E-state index contributed by atoms with van der Waals surface area (Å²) < 4.78 is 0. The fourth-order valence-corrected chi connectivity index (χ4v) is 0.943. The van der Waals surface area contributed by atoms with Crippen LogP contribution in [0.3, 0.4) is 0 Å². The highest BCUT2D eigenvalue weighted by atomic mass is 16.3. The Bertz CT molecular complexity index is 201. The molecule has 0 spiro atoms. The van der Waals surface area contributed by atoms with Crippen LogP contribution in [0.1, 0.15) is 18.9 Å². The summed E-state index contributed by atoms with van der Waals surface area (Å²) in [7, 11) is 0. The third kappa shape index (κ3) is 2.62. The highest BCUT2D eigenvalue weighted by Crippen LogP contribution is 2.10. The van der Waals surface area contributed by atoms with Crippen LogP contribution in [0.25, 0.3) is 0 Å². The van der Waals surface area contributed by atoms with Gasteiger partial charge >= 0.3 is 0 Å².